The Kier molecular flexibility index (Phi) is 6.45. The van der Waals surface area contributed by atoms with E-state index in [9.17, 15) is 21.6 Å². The second kappa shape index (κ2) is 9.02. The highest BCUT2D eigenvalue weighted by atomic mass is 32.2. The SMILES string of the molecule is Cc1ccc(N(C(=O)c2ccc(S(=O)(=O)N3CCOCC3)cc2)[C@@H]2C=CS(=O)(=O)C2)cc1C. The van der Waals surface area contributed by atoms with Gasteiger partial charge in [-0.2, -0.15) is 4.31 Å². The number of morpholine rings is 1. The Morgan fingerprint density at radius 2 is 1.70 bits per heavy atom. The zero-order chi connectivity index (χ0) is 23.8. The Bertz CT molecular complexity index is 1290. The van der Waals surface area contributed by atoms with E-state index in [2.05, 4.69) is 0 Å². The van der Waals surface area contributed by atoms with Crippen LogP contribution in [-0.2, 0) is 24.6 Å². The molecule has 4 rings (SSSR count). The van der Waals surface area contributed by atoms with E-state index < -0.39 is 31.8 Å². The number of benzene rings is 2. The first-order chi connectivity index (χ1) is 15.6. The number of anilines is 1. The van der Waals surface area contributed by atoms with Crippen molar-refractivity contribution in [3.05, 3.63) is 70.6 Å². The van der Waals surface area contributed by atoms with Crippen LogP contribution in [0.3, 0.4) is 0 Å². The molecule has 0 spiro atoms. The monoisotopic (exact) mass is 490 g/mol. The van der Waals surface area contributed by atoms with Crippen molar-refractivity contribution in [1.82, 2.24) is 4.31 Å². The number of ether oxygens (including phenoxy) is 1. The summed E-state index contributed by atoms with van der Waals surface area (Å²) in [7, 11) is -7.07. The van der Waals surface area contributed by atoms with Crippen LogP contribution in [0.15, 0.2) is 58.8 Å². The molecule has 33 heavy (non-hydrogen) atoms. The Balaban J connectivity index is 1.66. The van der Waals surface area contributed by atoms with E-state index >= 15 is 0 Å². The minimum absolute atomic E-state index is 0.0991. The molecule has 0 N–H and O–H groups in total. The Morgan fingerprint density at radius 1 is 1.03 bits per heavy atom. The first-order valence-electron chi connectivity index (χ1n) is 10.6. The van der Waals surface area contributed by atoms with Gasteiger partial charge in [-0.15, -0.1) is 0 Å². The van der Waals surface area contributed by atoms with E-state index in [1.165, 1.54) is 39.5 Å². The second-order valence-corrected chi connectivity index (χ2v) is 12.1. The Morgan fingerprint density at radius 3 is 2.27 bits per heavy atom. The number of sulfonamides is 1. The first-order valence-corrected chi connectivity index (χ1v) is 13.7. The molecule has 0 saturated carbocycles. The number of rotatable bonds is 5. The summed E-state index contributed by atoms with van der Waals surface area (Å²) in [5.74, 6) is -0.602. The van der Waals surface area contributed by atoms with Gasteiger partial charge in [-0.1, -0.05) is 6.07 Å². The highest BCUT2D eigenvalue weighted by Gasteiger charge is 2.33. The van der Waals surface area contributed by atoms with Gasteiger partial charge in [-0.3, -0.25) is 4.79 Å². The topological polar surface area (TPSA) is 101 Å². The first kappa shape index (κ1) is 23.6. The average molecular weight is 491 g/mol. The maximum Gasteiger partial charge on any atom is 0.258 e. The van der Waals surface area contributed by atoms with Crippen molar-refractivity contribution in [2.24, 2.45) is 0 Å². The molecular weight excluding hydrogens is 464 g/mol. The van der Waals surface area contributed by atoms with Crippen LogP contribution in [0.5, 0.6) is 0 Å². The molecule has 1 amide bonds. The predicted molar refractivity (Wildman–Crippen MR) is 125 cm³/mol. The molecule has 0 radical (unpaired) electrons. The number of nitrogens with zero attached hydrogens (tertiary/aromatic N) is 2. The van der Waals surface area contributed by atoms with Crippen molar-refractivity contribution in [1.29, 1.82) is 0 Å². The van der Waals surface area contributed by atoms with Crippen LogP contribution in [0.25, 0.3) is 0 Å². The highest BCUT2D eigenvalue weighted by Crippen LogP contribution is 2.27. The maximum absolute atomic E-state index is 13.5. The lowest BCUT2D eigenvalue weighted by Crippen LogP contribution is -2.41. The van der Waals surface area contributed by atoms with Crippen molar-refractivity contribution in [2.75, 3.05) is 37.0 Å². The molecule has 176 valence electrons. The zero-order valence-corrected chi connectivity index (χ0v) is 20.1. The molecule has 0 aliphatic carbocycles. The summed E-state index contributed by atoms with van der Waals surface area (Å²) in [5.41, 5.74) is 2.88. The molecule has 2 heterocycles. The van der Waals surface area contributed by atoms with Gasteiger partial charge in [0.05, 0.1) is 29.9 Å². The fraction of sp³-hybridized carbons (Fsp3) is 0.348. The molecule has 1 atom stereocenters. The predicted octanol–water partition coefficient (Wildman–Crippen LogP) is 2.28. The van der Waals surface area contributed by atoms with Gasteiger partial charge in [0.25, 0.3) is 5.91 Å². The number of amides is 1. The van der Waals surface area contributed by atoms with Gasteiger partial charge < -0.3 is 9.64 Å². The molecule has 0 unspecified atom stereocenters. The molecule has 1 saturated heterocycles. The van der Waals surface area contributed by atoms with Crippen molar-refractivity contribution < 1.29 is 26.4 Å². The molecule has 2 aromatic rings. The van der Waals surface area contributed by atoms with Crippen LogP contribution in [0.1, 0.15) is 21.5 Å². The van der Waals surface area contributed by atoms with Crippen LogP contribution >= 0.6 is 0 Å². The third-order valence-corrected chi connectivity index (χ3v) is 9.23. The summed E-state index contributed by atoms with van der Waals surface area (Å²) >= 11 is 0. The summed E-state index contributed by atoms with van der Waals surface area (Å²) in [6, 6.07) is 10.6. The fourth-order valence-corrected chi connectivity index (χ4v) is 6.58. The van der Waals surface area contributed by atoms with Crippen LogP contribution in [0.2, 0.25) is 0 Å². The van der Waals surface area contributed by atoms with E-state index in [0.717, 1.165) is 16.5 Å². The summed E-state index contributed by atoms with van der Waals surface area (Å²) < 4.78 is 56.4. The maximum atomic E-state index is 13.5. The van der Waals surface area contributed by atoms with Gasteiger partial charge in [0.1, 0.15) is 0 Å². The lowest BCUT2D eigenvalue weighted by Gasteiger charge is -2.29. The largest absolute Gasteiger partial charge is 0.379 e. The van der Waals surface area contributed by atoms with Gasteiger partial charge in [-0.05, 0) is 67.4 Å². The lowest BCUT2D eigenvalue weighted by atomic mass is 10.1. The number of sulfone groups is 1. The van der Waals surface area contributed by atoms with Gasteiger partial charge in [-0.25, -0.2) is 16.8 Å². The Labute approximate surface area is 194 Å². The second-order valence-electron chi connectivity index (χ2n) is 8.21. The van der Waals surface area contributed by atoms with Crippen molar-refractivity contribution in [3.63, 3.8) is 0 Å². The minimum Gasteiger partial charge on any atom is -0.379 e. The number of aryl methyl sites for hydroxylation is 2. The minimum atomic E-state index is -3.68. The summed E-state index contributed by atoms with van der Waals surface area (Å²) in [5, 5.41) is 1.14. The molecule has 2 aromatic carbocycles. The normalized spacial score (nSPS) is 20.6. The van der Waals surface area contributed by atoms with E-state index in [1.807, 2.05) is 26.0 Å². The fourth-order valence-electron chi connectivity index (χ4n) is 3.90. The third-order valence-electron chi connectivity index (χ3n) is 5.94. The van der Waals surface area contributed by atoms with Gasteiger partial charge in [0.15, 0.2) is 9.84 Å². The van der Waals surface area contributed by atoms with Crippen LogP contribution in [0, 0.1) is 13.8 Å². The zero-order valence-electron chi connectivity index (χ0n) is 18.5. The standard InChI is InChI=1S/C23H26N2O6S2/c1-17-3-6-20(15-18(17)2)25(21-9-14-32(27,28)16-21)23(26)19-4-7-22(8-5-19)33(29,30)24-10-12-31-13-11-24/h3-9,14-15,21H,10-13,16H2,1-2H3/t21-/m1/s1. The summed E-state index contributed by atoms with van der Waals surface area (Å²) in [4.78, 5) is 15.1. The third kappa shape index (κ3) is 4.89. The number of hydrogen-bond acceptors (Lipinski definition) is 6. The van der Waals surface area contributed by atoms with Gasteiger partial charge in [0, 0.05) is 29.7 Å². The Hall–Kier alpha value is -2.53. The molecule has 0 aromatic heterocycles. The van der Waals surface area contributed by atoms with Crippen LogP contribution in [0.4, 0.5) is 5.69 Å². The number of carbonyl (C=O) groups excluding carboxylic acids is 1. The quantitative estimate of drug-likeness (QED) is 0.637. The molecule has 10 heteroatoms. The van der Waals surface area contributed by atoms with Crippen LogP contribution < -0.4 is 4.90 Å². The van der Waals surface area contributed by atoms with E-state index in [0.29, 0.717) is 18.9 Å². The van der Waals surface area contributed by atoms with Crippen LogP contribution in [-0.4, -0.2) is 65.1 Å². The smallest absolute Gasteiger partial charge is 0.258 e. The van der Waals surface area contributed by atoms with Crippen molar-refractivity contribution in [3.8, 4) is 0 Å². The molecule has 0 bridgehead atoms. The molecule has 8 nitrogen and oxygen atoms in total. The summed E-state index contributed by atoms with van der Waals surface area (Å²) in [6.07, 6.45) is 1.51. The van der Waals surface area contributed by atoms with Gasteiger partial charge >= 0.3 is 0 Å². The molecule has 2 aliphatic rings. The van der Waals surface area contributed by atoms with E-state index in [4.69, 9.17) is 4.74 Å². The highest BCUT2D eigenvalue weighted by molar-refractivity contribution is 7.94. The van der Waals surface area contributed by atoms with Crippen molar-refractivity contribution in [2.45, 2.75) is 24.8 Å². The average Bonchev–Trinajstić information content (AvgIpc) is 3.16. The van der Waals surface area contributed by atoms with E-state index in [-0.39, 0.29) is 29.3 Å². The van der Waals surface area contributed by atoms with Crippen molar-refractivity contribution >= 4 is 31.5 Å². The molecular formula is C23H26N2O6S2. The van der Waals surface area contributed by atoms with Gasteiger partial charge in [0.2, 0.25) is 10.0 Å². The number of carbonyl (C=O) groups is 1. The van der Waals surface area contributed by atoms with E-state index in [1.54, 1.807) is 6.07 Å². The lowest BCUT2D eigenvalue weighted by molar-refractivity contribution is 0.0730. The molecule has 2 aliphatic heterocycles. The number of hydrogen-bond donors (Lipinski definition) is 0. The molecule has 1 fully saturated rings. The summed E-state index contributed by atoms with van der Waals surface area (Å²) in [6.45, 7) is 5.14.